The molecule has 4 rings (SSSR count). The molecule has 170 valence electrons. The minimum Gasteiger partial charge on any atom is -0.423 e. The molecule has 1 saturated heterocycles. The van der Waals surface area contributed by atoms with Gasteiger partial charge in [0.2, 0.25) is 5.91 Å². The molecule has 1 amide bonds. The maximum absolute atomic E-state index is 12.5. The molecule has 1 N–H and O–H groups in total. The smallest absolute Gasteiger partial charge is 0.338 e. The Hall–Kier alpha value is -3.98. The quantitative estimate of drug-likeness (QED) is 0.256. The predicted molar refractivity (Wildman–Crippen MR) is 126 cm³/mol. The Morgan fingerprint density at radius 3 is 2.67 bits per heavy atom. The Kier molecular flexibility index (Phi) is 6.80. The first kappa shape index (κ1) is 22.2. The molecule has 0 saturated carbocycles. The third-order valence-corrected chi connectivity index (χ3v) is 5.58. The molecule has 9 heteroatoms. The van der Waals surface area contributed by atoms with Crippen LogP contribution in [0.25, 0.3) is 17.0 Å². The lowest BCUT2D eigenvalue weighted by Crippen LogP contribution is -2.49. The third kappa shape index (κ3) is 5.64. The molecular weight excluding hydrogens is 424 g/mol. The first-order chi connectivity index (χ1) is 16.0. The van der Waals surface area contributed by atoms with Crippen molar-refractivity contribution in [1.29, 1.82) is 0 Å². The van der Waals surface area contributed by atoms with E-state index in [1.54, 1.807) is 29.2 Å². The molecular formula is C24H24N4O5. The van der Waals surface area contributed by atoms with Crippen LogP contribution in [0.3, 0.4) is 0 Å². The van der Waals surface area contributed by atoms with Gasteiger partial charge in [-0.1, -0.05) is 24.3 Å². The monoisotopic (exact) mass is 448 g/mol. The molecule has 33 heavy (non-hydrogen) atoms. The van der Waals surface area contributed by atoms with Gasteiger partial charge in [-0.25, -0.2) is 4.79 Å². The average Bonchev–Trinajstić information content (AvgIpc) is 2.83. The maximum Gasteiger partial charge on any atom is 0.338 e. The molecule has 0 unspecified atom stereocenters. The Labute approximate surface area is 190 Å². The normalized spacial score (nSPS) is 14.6. The van der Waals surface area contributed by atoms with Crippen molar-refractivity contribution in [3.8, 4) is 0 Å². The number of carbonyl (C=O) groups excluding carboxylic acids is 1. The van der Waals surface area contributed by atoms with Crippen LogP contribution < -0.4 is 10.9 Å². The van der Waals surface area contributed by atoms with Gasteiger partial charge in [0.1, 0.15) is 5.58 Å². The number of non-ortho nitro benzene ring substituents is 1. The maximum atomic E-state index is 12.5. The second-order valence-electron chi connectivity index (χ2n) is 7.75. The van der Waals surface area contributed by atoms with Crippen molar-refractivity contribution in [3.05, 3.63) is 86.8 Å². The summed E-state index contributed by atoms with van der Waals surface area (Å²) in [7, 11) is 0. The summed E-state index contributed by atoms with van der Waals surface area (Å²) in [5, 5.41) is 15.1. The van der Waals surface area contributed by atoms with Crippen LogP contribution in [0.1, 0.15) is 5.56 Å². The summed E-state index contributed by atoms with van der Waals surface area (Å²) in [6, 6.07) is 15.1. The number of benzene rings is 2. The van der Waals surface area contributed by atoms with Crippen LogP contribution in [0.15, 0.2) is 69.9 Å². The van der Waals surface area contributed by atoms with E-state index in [-0.39, 0.29) is 17.2 Å². The fourth-order valence-corrected chi connectivity index (χ4v) is 3.81. The number of hydrogen-bond acceptors (Lipinski definition) is 7. The summed E-state index contributed by atoms with van der Waals surface area (Å²) in [4.78, 5) is 38.7. The molecule has 2 aromatic carbocycles. The van der Waals surface area contributed by atoms with Crippen LogP contribution in [-0.2, 0) is 4.79 Å². The highest BCUT2D eigenvalue weighted by molar-refractivity contribution is 5.92. The van der Waals surface area contributed by atoms with Crippen LogP contribution >= 0.6 is 0 Å². The SMILES string of the molecule is O=C(/C=C/c1cccc([N+](=O)[O-])c1)N1CCN(CCNc2cc(=O)oc3ccccc23)CC1. The van der Waals surface area contributed by atoms with Crippen LogP contribution in [0.4, 0.5) is 11.4 Å². The zero-order chi connectivity index (χ0) is 23.2. The van der Waals surface area contributed by atoms with Crippen LogP contribution in [-0.4, -0.2) is 59.9 Å². The Morgan fingerprint density at radius 1 is 1.09 bits per heavy atom. The van der Waals surface area contributed by atoms with Crippen LogP contribution in [0, 0.1) is 10.1 Å². The molecule has 0 spiro atoms. The molecule has 9 nitrogen and oxygen atoms in total. The van der Waals surface area contributed by atoms with Crippen LogP contribution in [0.2, 0.25) is 0 Å². The predicted octanol–water partition coefficient (Wildman–Crippen LogP) is 2.97. The minimum atomic E-state index is -0.456. The number of piperazine rings is 1. The molecule has 0 aliphatic carbocycles. The lowest BCUT2D eigenvalue weighted by Gasteiger charge is -2.34. The number of carbonyl (C=O) groups is 1. The third-order valence-electron chi connectivity index (χ3n) is 5.58. The number of fused-ring (bicyclic) bond motifs is 1. The number of nitrogens with zero attached hydrogens (tertiary/aromatic N) is 3. The fraction of sp³-hybridized carbons (Fsp3) is 0.250. The highest BCUT2D eigenvalue weighted by Crippen LogP contribution is 2.20. The van der Waals surface area contributed by atoms with Gasteiger partial charge in [-0.2, -0.15) is 0 Å². The van der Waals surface area contributed by atoms with Crippen molar-refractivity contribution in [2.24, 2.45) is 0 Å². The van der Waals surface area contributed by atoms with E-state index < -0.39 is 4.92 Å². The van der Waals surface area contributed by atoms with E-state index in [1.807, 2.05) is 18.2 Å². The zero-order valence-electron chi connectivity index (χ0n) is 18.0. The second-order valence-corrected chi connectivity index (χ2v) is 7.75. The molecule has 1 aliphatic heterocycles. The number of hydrogen-bond donors (Lipinski definition) is 1. The molecule has 0 atom stereocenters. The van der Waals surface area contributed by atoms with Crippen molar-refractivity contribution in [2.75, 3.05) is 44.6 Å². The van der Waals surface area contributed by atoms with Gasteiger partial charge in [-0.3, -0.25) is 19.8 Å². The van der Waals surface area contributed by atoms with Gasteiger partial charge in [0, 0.05) is 68.9 Å². The topological polar surface area (TPSA) is 109 Å². The molecule has 1 aromatic heterocycles. The zero-order valence-corrected chi connectivity index (χ0v) is 18.0. The van der Waals surface area contributed by atoms with Crippen molar-refractivity contribution >= 4 is 34.3 Å². The largest absolute Gasteiger partial charge is 0.423 e. The van der Waals surface area contributed by atoms with E-state index >= 15 is 0 Å². The minimum absolute atomic E-state index is 0.00353. The Morgan fingerprint density at radius 2 is 1.88 bits per heavy atom. The van der Waals surface area contributed by atoms with Crippen molar-refractivity contribution in [2.45, 2.75) is 0 Å². The number of nitrogens with one attached hydrogen (secondary N) is 1. The van der Waals surface area contributed by atoms with Gasteiger partial charge in [0.25, 0.3) is 5.69 Å². The standard InChI is InChI=1S/C24H24N4O5/c29-23(9-8-18-4-3-5-19(16-18)28(31)32)27-14-12-26(13-15-27)11-10-25-21-17-24(30)33-22-7-2-1-6-20(21)22/h1-9,16-17,25H,10-15H2/b9-8+. The number of nitro groups is 1. The van der Waals surface area contributed by atoms with Gasteiger partial charge in [-0.15, -0.1) is 0 Å². The number of rotatable bonds is 7. The van der Waals surface area contributed by atoms with Gasteiger partial charge >= 0.3 is 5.63 Å². The van der Waals surface area contributed by atoms with E-state index in [2.05, 4.69) is 10.2 Å². The van der Waals surface area contributed by atoms with Gasteiger partial charge in [-0.05, 0) is 23.8 Å². The number of nitro benzene ring substituents is 1. The Balaban J connectivity index is 1.26. The molecule has 0 bridgehead atoms. The van der Waals surface area contributed by atoms with Gasteiger partial charge < -0.3 is 14.6 Å². The van der Waals surface area contributed by atoms with Crippen molar-refractivity contribution in [1.82, 2.24) is 9.80 Å². The van der Waals surface area contributed by atoms with E-state index in [0.717, 1.165) is 30.7 Å². The lowest BCUT2D eigenvalue weighted by atomic mass is 10.2. The van der Waals surface area contributed by atoms with Crippen molar-refractivity contribution in [3.63, 3.8) is 0 Å². The molecule has 2 heterocycles. The summed E-state index contributed by atoms with van der Waals surface area (Å²) >= 11 is 0. The molecule has 1 fully saturated rings. The molecule has 1 aliphatic rings. The summed E-state index contributed by atoms with van der Waals surface area (Å²) in [6.45, 7) is 4.14. The number of anilines is 1. The fourth-order valence-electron chi connectivity index (χ4n) is 3.81. The highest BCUT2D eigenvalue weighted by Gasteiger charge is 2.19. The van der Waals surface area contributed by atoms with E-state index in [9.17, 15) is 19.7 Å². The molecule has 0 radical (unpaired) electrons. The van der Waals surface area contributed by atoms with E-state index in [0.29, 0.717) is 30.8 Å². The number of amides is 1. The molecule has 3 aromatic rings. The summed E-state index contributed by atoms with van der Waals surface area (Å²) in [5.74, 6) is -0.109. The van der Waals surface area contributed by atoms with Gasteiger partial charge in [0.15, 0.2) is 0 Å². The number of para-hydroxylation sites is 1. The second kappa shape index (κ2) is 10.1. The summed E-state index contributed by atoms with van der Waals surface area (Å²) in [5.41, 5.74) is 1.53. The first-order valence-electron chi connectivity index (χ1n) is 10.7. The summed E-state index contributed by atoms with van der Waals surface area (Å²) < 4.78 is 5.22. The average molecular weight is 448 g/mol. The summed E-state index contributed by atoms with van der Waals surface area (Å²) in [6.07, 6.45) is 3.06. The Bertz CT molecular complexity index is 1240. The highest BCUT2D eigenvalue weighted by atomic mass is 16.6. The van der Waals surface area contributed by atoms with E-state index in [4.69, 9.17) is 4.42 Å². The van der Waals surface area contributed by atoms with Gasteiger partial charge in [0.05, 0.1) is 10.6 Å². The van der Waals surface area contributed by atoms with Crippen molar-refractivity contribution < 1.29 is 14.1 Å². The van der Waals surface area contributed by atoms with Crippen LogP contribution in [0.5, 0.6) is 0 Å². The first-order valence-corrected chi connectivity index (χ1v) is 10.7. The van der Waals surface area contributed by atoms with E-state index in [1.165, 1.54) is 24.3 Å². The lowest BCUT2D eigenvalue weighted by molar-refractivity contribution is -0.384.